The van der Waals surface area contributed by atoms with E-state index in [0.717, 1.165) is 24.5 Å². The van der Waals surface area contributed by atoms with Crippen molar-refractivity contribution in [3.8, 4) is 0 Å². The first-order chi connectivity index (χ1) is 6.83. The normalized spacial score (nSPS) is 12.7. The number of rotatable bonds is 6. The summed E-state index contributed by atoms with van der Waals surface area (Å²) in [7, 11) is 1.75. The molecule has 0 aliphatic rings. The summed E-state index contributed by atoms with van der Waals surface area (Å²) in [5.41, 5.74) is 1.15. The maximum absolute atomic E-state index is 5.04. The Hall–Kier alpha value is -0.540. The SMILES string of the molecule is COCC[C@@H](C)SCc1ccccn1. The van der Waals surface area contributed by atoms with Gasteiger partial charge in [-0.3, -0.25) is 4.98 Å². The number of aromatic nitrogens is 1. The van der Waals surface area contributed by atoms with E-state index in [1.54, 1.807) is 7.11 Å². The zero-order valence-electron chi connectivity index (χ0n) is 8.77. The first-order valence-corrected chi connectivity index (χ1v) is 5.88. The van der Waals surface area contributed by atoms with E-state index < -0.39 is 0 Å². The van der Waals surface area contributed by atoms with Crippen LogP contribution in [0.2, 0.25) is 0 Å². The molecular weight excluding hydrogens is 194 g/mol. The summed E-state index contributed by atoms with van der Waals surface area (Å²) in [6, 6.07) is 6.04. The van der Waals surface area contributed by atoms with E-state index in [9.17, 15) is 0 Å². The second kappa shape index (κ2) is 6.85. The minimum atomic E-state index is 0.636. The van der Waals surface area contributed by atoms with Gasteiger partial charge in [0.1, 0.15) is 0 Å². The number of thioether (sulfide) groups is 1. The van der Waals surface area contributed by atoms with E-state index >= 15 is 0 Å². The summed E-state index contributed by atoms with van der Waals surface area (Å²) >= 11 is 1.93. The average molecular weight is 211 g/mol. The number of ether oxygens (including phenoxy) is 1. The lowest BCUT2D eigenvalue weighted by Gasteiger charge is -2.09. The third-order valence-corrected chi connectivity index (χ3v) is 3.24. The molecule has 0 aliphatic heterocycles. The fourth-order valence-electron chi connectivity index (χ4n) is 1.08. The predicted octanol–water partition coefficient (Wildman–Crippen LogP) is 2.74. The fraction of sp³-hybridized carbons (Fsp3) is 0.545. The highest BCUT2D eigenvalue weighted by Gasteiger charge is 2.02. The molecule has 0 N–H and O–H groups in total. The molecule has 0 unspecified atom stereocenters. The van der Waals surface area contributed by atoms with Gasteiger partial charge in [0.15, 0.2) is 0 Å². The number of hydrogen-bond donors (Lipinski definition) is 0. The maximum Gasteiger partial charge on any atom is 0.0502 e. The van der Waals surface area contributed by atoms with Gasteiger partial charge in [-0.25, -0.2) is 0 Å². The molecular formula is C11H17NOS. The topological polar surface area (TPSA) is 22.1 Å². The Kier molecular flexibility index (Phi) is 5.64. The molecule has 0 saturated heterocycles. The first-order valence-electron chi connectivity index (χ1n) is 4.83. The van der Waals surface area contributed by atoms with Crippen molar-refractivity contribution in [3.63, 3.8) is 0 Å². The van der Waals surface area contributed by atoms with Crippen LogP contribution in [0.1, 0.15) is 19.0 Å². The van der Waals surface area contributed by atoms with Crippen LogP contribution in [0.4, 0.5) is 0 Å². The van der Waals surface area contributed by atoms with Crippen LogP contribution >= 0.6 is 11.8 Å². The largest absolute Gasteiger partial charge is 0.385 e. The molecule has 3 heteroatoms. The molecule has 0 amide bonds. The van der Waals surface area contributed by atoms with Crippen molar-refractivity contribution in [1.29, 1.82) is 0 Å². The zero-order valence-corrected chi connectivity index (χ0v) is 9.59. The monoisotopic (exact) mass is 211 g/mol. The maximum atomic E-state index is 5.04. The molecule has 0 saturated carbocycles. The number of methoxy groups -OCH3 is 1. The molecule has 0 fully saturated rings. The van der Waals surface area contributed by atoms with E-state index in [-0.39, 0.29) is 0 Å². The molecule has 1 aromatic rings. The zero-order chi connectivity index (χ0) is 10.2. The standard InChI is InChI=1S/C11H17NOS/c1-10(6-8-13-2)14-9-11-5-3-4-7-12-11/h3-5,7,10H,6,8-9H2,1-2H3/t10-/m1/s1. The van der Waals surface area contributed by atoms with Crippen LogP contribution in [0, 0.1) is 0 Å². The van der Waals surface area contributed by atoms with Crippen LogP contribution in [0.5, 0.6) is 0 Å². The van der Waals surface area contributed by atoms with Crippen molar-refractivity contribution in [1.82, 2.24) is 4.98 Å². The lowest BCUT2D eigenvalue weighted by molar-refractivity contribution is 0.195. The molecule has 0 bridgehead atoms. The van der Waals surface area contributed by atoms with Crippen LogP contribution in [0.25, 0.3) is 0 Å². The van der Waals surface area contributed by atoms with Gasteiger partial charge in [-0.15, -0.1) is 0 Å². The highest BCUT2D eigenvalue weighted by molar-refractivity contribution is 7.99. The third-order valence-electron chi connectivity index (χ3n) is 1.97. The lowest BCUT2D eigenvalue weighted by atomic mass is 10.3. The van der Waals surface area contributed by atoms with E-state index in [1.165, 1.54) is 0 Å². The highest BCUT2D eigenvalue weighted by Crippen LogP contribution is 2.18. The van der Waals surface area contributed by atoms with Crippen molar-refractivity contribution in [2.45, 2.75) is 24.3 Å². The van der Waals surface area contributed by atoms with E-state index in [4.69, 9.17) is 4.74 Å². The molecule has 0 aliphatic carbocycles. The van der Waals surface area contributed by atoms with Gasteiger partial charge in [-0.2, -0.15) is 11.8 Å². The summed E-state index contributed by atoms with van der Waals surface area (Å²) in [4.78, 5) is 4.28. The Balaban J connectivity index is 2.20. The number of hydrogen-bond acceptors (Lipinski definition) is 3. The average Bonchev–Trinajstić information content (AvgIpc) is 2.25. The third kappa shape index (κ3) is 4.63. The molecule has 1 atom stereocenters. The van der Waals surface area contributed by atoms with Crippen molar-refractivity contribution in [3.05, 3.63) is 30.1 Å². The Morgan fingerprint density at radius 1 is 1.50 bits per heavy atom. The van der Waals surface area contributed by atoms with Gasteiger partial charge in [0, 0.05) is 30.9 Å². The van der Waals surface area contributed by atoms with Crippen LogP contribution < -0.4 is 0 Å². The Labute approximate surface area is 90.1 Å². The molecule has 14 heavy (non-hydrogen) atoms. The molecule has 0 radical (unpaired) electrons. The van der Waals surface area contributed by atoms with E-state index in [0.29, 0.717) is 5.25 Å². The van der Waals surface area contributed by atoms with Crippen LogP contribution in [-0.4, -0.2) is 24.0 Å². The van der Waals surface area contributed by atoms with Gasteiger partial charge < -0.3 is 4.74 Å². The molecule has 1 rings (SSSR count). The van der Waals surface area contributed by atoms with Gasteiger partial charge in [0.2, 0.25) is 0 Å². The van der Waals surface area contributed by atoms with Crippen molar-refractivity contribution < 1.29 is 4.74 Å². The Morgan fingerprint density at radius 3 is 3.00 bits per heavy atom. The second-order valence-electron chi connectivity index (χ2n) is 3.22. The number of pyridine rings is 1. The molecule has 0 spiro atoms. The van der Waals surface area contributed by atoms with Crippen LogP contribution in [0.3, 0.4) is 0 Å². The highest BCUT2D eigenvalue weighted by atomic mass is 32.2. The molecule has 78 valence electrons. The summed E-state index contributed by atoms with van der Waals surface area (Å²) in [6.07, 6.45) is 2.95. The van der Waals surface area contributed by atoms with Crippen molar-refractivity contribution in [2.75, 3.05) is 13.7 Å². The minimum absolute atomic E-state index is 0.636. The van der Waals surface area contributed by atoms with Crippen molar-refractivity contribution >= 4 is 11.8 Å². The smallest absolute Gasteiger partial charge is 0.0502 e. The number of nitrogens with zero attached hydrogens (tertiary/aromatic N) is 1. The summed E-state index contributed by atoms with van der Waals surface area (Å²) in [5, 5.41) is 0.636. The van der Waals surface area contributed by atoms with Gasteiger partial charge >= 0.3 is 0 Å². The molecule has 1 aromatic heterocycles. The van der Waals surface area contributed by atoms with Gasteiger partial charge in [0.05, 0.1) is 5.69 Å². The first kappa shape index (κ1) is 11.5. The van der Waals surface area contributed by atoms with Gasteiger partial charge in [-0.05, 0) is 18.6 Å². The van der Waals surface area contributed by atoms with E-state index in [1.807, 2.05) is 30.1 Å². The van der Waals surface area contributed by atoms with Crippen molar-refractivity contribution in [2.24, 2.45) is 0 Å². The lowest BCUT2D eigenvalue weighted by Crippen LogP contribution is -2.02. The Morgan fingerprint density at radius 2 is 2.36 bits per heavy atom. The van der Waals surface area contributed by atoms with Gasteiger partial charge in [0.25, 0.3) is 0 Å². The minimum Gasteiger partial charge on any atom is -0.385 e. The van der Waals surface area contributed by atoms with Crippen LogP contribution in [0.15, 0.2) is 24.4 Å². The fourth-order valence-corrected chi connectivity index (χ4v) is 1.97. The summed E-state index contributed by atoms with van der Waals surface area (Å²) in [6.45, 7) is 3.07. The molecule has 2 nitrogen and oxygen atoms in total. The second-order valence-corrected chi connectivity index (χ2v) is 4.65. The summed E-state index contributed by atoms with van der Waals surface area (Å²) in [5.74, 6) is 0.992. The molecule has 1 heterocycles. The van der Waals surface area contributed by atoms with Crippen LogP contribution in [-0.2, 0) is 10.5 Å². The summed E-state index contributed by atoms with van der Waals surface area (Å²) < 4.78 is 5.04. The van der Waals surface area contributed by atoms with E-state index in [2.05, 4.69) is 18.0 Å². The Bertz CT molecular complexity index is 240. The quantitative estimate of drug-likeness (QED) is 0.722. The van der Waals surface area contributed by atoms with Gasteiger partial charge in [-0.1, -0.05) is 13.0 Å². The predicted molar refractivity (Wildman–Crippen MR) is 61.5 cm³/mol. The molecule has 0 aromatic carbocycles.